The molecule has 0 unspecified atom stereocenters. The fourth-order valence-electron chi connectivity index (χ4n) is 5.61. The lowest BCUT2D eigenvalue weighted by Gasteiger charge is -2.36. The number of nitrogens with zero attached hydrogens (tertiary/aromatic N) is 2. The monoisotopic (exact) mass is 490 g/mol. The maximum atomic E-state index is 14.0. The van der Waals surface area contributed by atoms with Gasteiger partial charge in [0.15, 0.2) is 5.54 Å². The molecule has 2 aromatic carbocycles. The van der Waals surface area contributed by atoms with Crippen LogP contribution in [0.25, 0.3) is 10.9 Å². The van der Waals surface area contributed by atoms with Crippen LogP contribution < -0.4 is 5.32 Å². The lowest BCUT2D eigenvalue weighted by atomic mass is 9.87. The zero-order chi connectivity index (χ0) is 25.6. The Morgan fingerprint density at radius 3 is 2.61 bits per heavy atom. The summed E-state index contributed by atoms with van der Waals surface area (Å²) in [5.41, 5.74) is 1.99. The van der Waals surface area contributed by atoms with Gasteiger partial charge < -0.3 is 15.2 Å². The molecule has 0 spiro atoms. The maximum Gasteiger partial charge on any atom is 0.328 e. The van der Waals surface area contributed by atoms with Crippen molar-refractivity contribution >= 4 is 28.7 Å². The highest BCUT2D eigenvalue weighted by atomic mass is 19.1. The van der Waals surface area contributed by atoms with E-state index in [4.69, 9.17) is 0 Å². The van der Waals surface area contributed by atoms with Crippen molar-refractivity contribution in [2.75, 3.05) is 13.1 Å². The summed E-state index contributed by atoms with van der Waals surface area (Å²) in [6, 6.07) is 12.9. The quantitative estimate of drug-likeness (QED) is 0.489. The van der Waals surface area contributed by atoms with E-state index in [2.05, 4.69) is 10.3 Å². The van der Waals surface area contributed by atoms with Crippen LogP contribution in [-0.2, 0) is 28.0 Å². The number of H-pyrrole nitrogens is 1. The highest BCUT2D eigenvalue weighted by Crippen LogP contribution is 2.44. The van der Waals surface area contributed by atoms with E-state index in [0.29, 0.717) is 31.4 Å². The summed E-state index contributed by atoms with van der Waals surface area (Å²) in [7, 11) is 0. The summed E-state index contributed by atoms with van der Waals surface area (Å²) in [5.74, 6) is -1.05. The Kier molecular flexibility index (Phi) is 6.06. The number of aromatic nitrogens is 1. The SMILES string of the molecule is CC(C)C[C@@H](C(=O)NCCc1ccccc1F)N1C(=O)N2CCc3c([nH]c4ccccc34)[C@@]2(C)C1=O. The second kappa shape index (κ2) is 9.08. The molecular formula is C28H31FN4O3. The number of carbonyl (C=O) groups excluding carboxylic acids is 3. The van der Waals surface area contributed by atoms with Gasteiger partial charge in [0.1, 0.15) is 11.9 Å². The number of rotatable bonds is 7. The van der Waals surface area contributed by atoms with Crippen molar-refractivity contribution in [2.45, 2.75) is 51.6 Å². The molecule has 0 saturated carbocycles. The molecule has 2 aliphatic rings. The fourth-order valence-corrected chi connectivity index (χ4v) is 5.61. The minimum atomic E-state index is -1.20. The second-order valence-electron chi connectivity index (χ2n) is 10.2. The van der Waals surface area contributed by atoms with Crippen molar-refractivity contribution in [3.63, 3.8) is 0 Å². The summed E-state index contributed by atoms with van der Waals surface area (Å²) in [6.45, 7) is 6.28. The van der Waals surface area contributed by atoms with Crippen LogP contribution in [0, 0.1) is 11.7 Å². The van der Waals surface area contributed by atoms with Crippen LogP contribution in [0.3, 0.4) is 0 Å². The summed E-state index contributed by atoms with van der Waals surface area (Å²) < 4.78 is 14.0. The van der Waals surface area contributed by atoms with Crippen molar-refractivity contribution in [3.05, 3.63) is 71.2 Å². The summed E-state index contributed by atoms with van der Waals surface area (Å²) in [4.78, 5) is 47.1. The normalized spacial score (nSPS) is 20.1. The number of benzene rings is 2. The zero-order valence-corrected chi connectivity index (χ0v) is 20.8. The van der Waals surface area contributed by atoms with Gasteiger partial charge in [0.25, 0.3) is 5.91 Å². The largest absolute Gasteiger partial charge is 0.356 e. The molecule has 2 N–H and O–H groups in total. The van der Waals surface area contributed by atoms with Gasteiger partial charge in [0.05, 0.1) is 5.69 Å². The summed E-state index contributed by atoms with van der Waals surface area (Å²) in [6.07, 6.45) is 1.29. The number of para-hydroxylation sites is 1. The molecular weight excluding hydrogens is 459 g/mol. The molecule has 3 heterocycles. The highest BCUT2D eigenvalue weighted by molar-refractivity contribution is 6.11. The predicted octanol–water partition coefficient (Wildman–Crippen LogP) is 4.12. The summed E-state index contributed by atoms with van der Waals surface area (Å²) >= 11 is 0. The van der Waals surface area contributed by atoms with E-state index in [9.17, 15) is 18.8 Å². The molecule has 0 radical (unpaired) electrons. The van der Waals surface area contributed by atoms with E-state index in [-0.39, 0.29) is 18.3 Å². The first-order valence-electron chi connectivity index (χ1n) is 12.5. The Balaban J connectivity index is 1.43. The van der Waals surface area contributed by atoms with Gasteiger partial charge in [-0.25, -0.2) is 14.1 Å². The third kappa shape index (κ3) is 3.75. The van der Waals surface area contributed by atoms with Crippen LogP contribution in [0.15, 0.2) is 48.5 Å². The molecule has 5 rings (SSSR count). The number of halogens is 1. The fraction of sp³-hybridized carbons (Fsp3) is 0.393. The second-order valence-corrected chi connectivity index (χ2v) is 10.2. The standard InChI is InChI=1S/C28H31FN4O3/c1-17(2)16-23(25(34)30-14-12-18-8-4-6-10-21(18)29)33-26(35)28(3)24-20(13-15-32(28)27(33)36)19-9-5-7-11-22(19)31-24/h4-11,17,23,31H,12-16H2,1-3H3,(H,30,34)/t23-,28-/m0/s1. The molecule has 1 saturated heterocycles. The topological polar surface area (TPSA) is 85.5 Å². The smallest absolute Gasteiger partial charge is 0.328 e. The van der Waals surface area contributed by atoms with Gasteiger partial charge in [0.2, 0.25) is 5.91 Å². The van der Waals surface area contributed by atoms with E-state index >= 15 is 0 Å². The molecule has 8 heteroatoms. The lowest BCUT2D eigenvalue weighted by Crippen LogP contribution is -2.51. The Hall–Kier alpha value is -3.68. The number of fused-ring (bicyclic) bond motifs is 5. The molecule has 2 aliphatic heterocycles. The number of amides is 4. The first kappa shape index (κ1) is 24.0. The van der Waals surface area contributed by atoms with Gasteiger partial charge in [0, 0.05) is 24.0 Å². The Labute approximate surface area is 209 Å². The van der Waals surface area contributed by atoms with Gasteiger partial charge in [-0.05, 0) is 55.4 Å². The molecule has 4 amide bonds. The molecule has 1 aromatic heterocycles. The molecule has 7 nitrogen and oxygen atoms in total. The van der Waals surface area contributed by atoms with Gasteiger partial charge in [-0.3, -0.25) is 9.59 Å². The molecule has 1 fully saturated rings. The van der Waals surface area contributed by atoms with Gasteiger partial charge in [-0.2, -0.15) is 0 Å². The predicted molar refractivity (Wildman–Crippen MR) is 135 cm³/mol. The number of carbonyl (C=O) groups is 3. The average molecular weight is 491 g/mol. The Bertz CT molecular complexity index is 1350. The number of hydrogen-bond acceptors (Lipinski definition) is 3. The first-order chi connectivity index (χ1) is 17.2. The molecule has 36 heavy (non-hydrogen) atoms. The van der Waals surface area contributed by atoms with Gasteiger partial charge >= 0.3 is 6.03 Å². The van der Waals surface area contributed by atoms with Crippen molar-refractivity contribution in [1.82, 2.24) is 20.1 Å². The highest BCUT2D eigenvalue weighted by Gasteiger charge is 2.60. The van der Waals surface area contributed by atoms with Gasteiger partial charge in [-0.15, -0.1) is 0 Å². The van der Waals surface area contributed by atoms with E-state index in [0.717, 1.165) is 27.1 Å². The number of imide groups is 1. The number of hydrogen-bond donors (Lipinski definition) is 2. The van der Waals surface area contributed by atoms with E-state index in [1.165, 1.54) is 6.07 Å². The molecule has 0 aliphatic carbocycles. The first-order valence-corrected chi connectivity index (χ1v) is 12.5. The third-order valence-corrected chi connectivity index (χ3v) is 7.46. The molecule has 3 aromatic rings. The Morgan fingerprint density at radius 2 is 1.86 bits per heavy atom. The van der Waals surface area contributed by atoms with E-state index < -0.39 is 29.4 Å². The zero-order valence-electron chi connectivity index (χ0n) is 20.8. The minimum absolute atomic E-state index is 0.0713. The van der Waals surface area contributed by atoms with Crippen LogP contribution in [0.1, 0.15) is 44.0 Å². The maximum absolute atomic E-state index is 14.0. The van der Waals surface area contributed by atoms with Crippen LogP contribution in [0.2, 0.25) is 0 Å². The van der Waals surface area contributed by atoms with Gasteiger partial charge in [-0.1, -0.05) is 50.2 Å². The van der Waals surface area contributed by atoms with Crippen LogP contribution in [0.5, 0.6) is 0 Å². The average Bonchev–Trinajstić information content (AvgIpc) is 3.32. The molecule has 188 valence electrons. The van der Waals surface area contributed by atoms with Crippen LogP contribution >= 0.6 is 0 Å². The third-order valence-electron chi connectivity index (χ3n) is 7.46. The number of nitrogens with one attached hydrogen (secondary N) is 2. The molecule has 2 atom stereocenters. The van der Waals surface area contributed by atoms with Crippen molar-refractivity contribution in [2.24, 2.45) is 5.92 Å². The molecule has 0 bridgehead atoms. The van der Waals surface area contributed by atoms with Crippen molar-refractivity contribution in [1.29, 1.82) is 0 Å². The minimum Gasteiger partial charge on any atom is -0.356 e. The van der Waals surface area contributed by atoms with E-state index in [1.54, 1.807) is 30.0 Å². The lowest BCUT2D eigenvalue weighted by molar-refractivity contribution is -0.140. The van der Waals surface area contributed by atoms with Crippen LogP contribution in [-0.4, -0.2) is 51.8 Å². The number of urea groups is 1. The van der Waals surface area contributed by atoms with E-state index in [1.807, 2.05) is 38.1 Å². The Morgan fingerprint density at radius 1 is 1.14 bits per heavy atom. The van der Waals surface area contributed by atoms with Crippen molar-refractivity contribution in [3.8, 4) is 0 Å². The summed E-state index contributed by atoms with van der Waals surface area (Å²) in [5, 5.41) is 3.89. The van der Waals surface area contributed by atoms with Crippen LogP contribution in [0.4, 0.5) is 9.18 Å². The number of aromatic amines is 1. The van der Waals surface area contributed by atoms with Crippen molar-refractivity contribution < 1.29 is 18.8 Å².